The van der Waals surface area contributed by atoms with Gasteiger partial charge in [0.05, 0.1) is 0 Å². The van der Waals surface area contributed by atoms with Crippen molar-refractivity contribution >= 4 is 18.1 Å². The third-order valence-corrected chi connectivity index (χ3v) is 2.67. The molecule has 0 saturated carbocycles. The summed E-state index contributed by atoms with van der Waals surface area (Å²) >= 11 is 0. The fourth-order valence-corrected chi connectivity index (χ4v) is 1.66. The first-order chi connectivity index (χ1) is 10.6. The van der Waals surface area contributed by atoms with Gasteiger partial charge >= 0.3 is 12.2 Å². The topological polar surface area (TPSA) is 132 Å². The van der Waals surface area contributed by atoms with Crippen LogP contribution in [0.3, 0.4) is 0 Å². The molecule has 23 heavy (non-hydrogen) atoms. The van der Waals surface area contributed by atoms with Gasteiger partial charge in [-0.05, 0) is 40.0 Å². The molecule has 0 aromatic carbocycles. The average Bonchev–Trinajstić information content (AvgIpc) is 2.41. The number of likely N-dealkylation sites (N-methyl/N-ethyl adjacent to an activating group) is 1. The Morgan fingerprint density at radius 2 is 1.91 bits per heavy atom. The first-order valence-corrected chi connectivity index (χ1v) is 7.20. The van der Waals surface area contributed by atoms with Crippen LogP contribution in [0.2, 0.25) is 0 Å². The van der Waals surface area contributed by atoms with Crippen molar-refractivity contribution in [3.63, 3.8) is 0 Å². The molecular weight excluding hydrogens is 304 g/mol. The summed E-state index contributed by atoms with van der Waals surface area (Å²) in [5.74, 6) is -0.551. The van der Waals surface area contributed by atoms with Crippen molar-refractivity contribution in [3.8, 4) is 6.19 Å². The fraction of sp³-hybridized carbons (Fsp3) is 0.714. The Bertz CT molecular complexity index is 467. The zero-order valence-electron chi connectivity index (χ0n) is 13.9. The highest BCUT2D eigenvalue weighted by Crippen LogP contribution is 2.09. The molecule has 9 nitrogen and oxygen atoms in total. The van der Waals surface area contributed by atoms with Crippen LogP contribution in [-0.4, -0.2) is 53.3 Å². The maximum atomic E-state index is 12.1. The number of alkyl carbamates (subject to hydrolysis) is 1. The SMILES string of the molecule is CN(C#N)C(=O)[C@H](CCCCNC(=O)O)NC(=O)OC(C)(C)C. The third kappa shape index (κ3) is 9.95. The van der Waals surface area contributed by atoms with Crippen LogP contribution in [0.4, 0.5) is 9.59 Å². The first kappa shape index (κ1) is 20.5. The lowest BCUT2D eigenvalue weighted by Gasteiger charge is -2.24. The Hall–Kier alpha value is -2.50. The number of nitriles is 1. The van der Waals surface area contributed by atoms with Gasteiger partial charge in [0.15, 0.2) is 6.19 Å². The highest BCUT2D eigenvalue weighted by atomic mass is 16.6. The molecule has 0 spiro atoms. The van der Waals surface area contributed by atoms with Gasteiger partial charge in [-0.3, -0.25) is 9.69 Å². The van der Waals surface area contributed by atoms with Crippen LogP contribution in [-0.2, 0) is 9.53 Å². The molecule has 0 bridgehead atoms. The van der Waals surface area contributed by atoms with Crippen LogP contribution >= 0.6 is 0 Å². The number of ether oxygens (including phenoxy) is 1. The number of unbranched alkanes of at least 4 members (excludes halogenated alkanes) is 1. The first-order valence-electron chi connectivity index (χ1n) is 7.20. The Labute approximate surface area is 135 Å². The Kier molecular flexibility index (Phi) is 8.47. The molecule has 0 aliphatic carbocycles. The van der Waals surface area contributed by atoms with Crippen molar-refractivity contribution in [3.05, 3.63) is 0 Å². The second-order valence-electron chi connectivity index (χ2n) is 5.92. The van der Waals surface area contributed by atoms with Crippen molar-refractivity contribution < 1.29 is 24.2 Å². The predicted molar refractivity (Wildman–Crippen MR) is 81.4 cm³/mol. The Morgan fingerprint density at radius 3 is 2.39 bits per heavy atom. The molecule has 9 heteroatoms. The van der Waals surface area contributed by atoms with Gasteiger partial charge in [-0.25, -0.2) is 9.59 Å². The molecule has 3 amide bonds. The van der Waals surface area contributed by atoms with Gasteiger partial charge in [0.1, 0.15) is 11.6 Å². The normalized spacial score (nSPS) is 11.8. The highest BCUT2D eigenvalue weighted by Gasteiger charge is 2.26. The molecule has 0 heterocycles. The van der Waals surface area contributed by atoms with Crippen molar-refractivity contribution in [2.45, 2.75) is 51.7 Å². The van der Waals surface area contributed by atoms with Gasteiger partial charge in [0.2, 0.25) is 0 Å². The molecular formula is C14H24N4O5. The number of nitrogens with one attached hydrogen (secondary N) is 2. The van der Waals surface area contributed by atoms with Crippen LogP contribution in [0.15, 0.2) is 0 Å². The van der Waals surface area contributed by atoms with Gasteiger partial charge in [-0.2, -0.15) is 5.26 Å². The van der Waals surface area contributed by atoms with E-state index in [4.69, 9.17) is 15.1 Å². The largest absolute Gasteiger partial charge is 0.465 e. The zero-order valence-corrected chi connectivity index (χ0v) is 13.9. The summed E-state index contributed by atoms with van der Waals surface area (Å²) in [5.41, 5.74) is -0.704. The van der Waals surface area contributed by atoms with Crippen LogP contribution in [0.1, 0.15) is 40.0 Å². The minimum Gasteiger partial charge on any atom is -0.465 e. The number of nitrogens with zero attached hydrogens (tertiary/aromatic N) is 2. The summed E-state index contributed by atoms with van der Waals surface area (Å²) in [6, 6.07) is -0.903. The summed E-state index contributed by atoms with van der Waals surface area (Å²) in [7, 11) is 1.30. The van der Waals surface area contributed by atoms with Crippen molar-refractivity contribution in [2.24, 2.45) is 0 Å². The summed E-state index contributed by atoms with van der Waals surface area (Å²) in [4.78, 5) is 35.0. The molecule has 0 saturated heterocycles. The quantitative estimate of drug-likeness (QED) is 0.366. The highest BCUT2D eigenvalue weighted by molar-refractivity contribution is 5.86. The molecule has 0 aromatic rings. The second-order valence-corrected chi connectivity index (χ2v) is 5.92. The minimum atomic E-state index is -1.12. The van der Waals surface area contributed by atoms with Crippen molar-refractivity contribution in [1.82, 2.24) is 15.5 Å². The van der Waals surface area contributed by atoms with E-state index in [-0.39, 0.29) is 13.0 Å². The maximum Gasteiger partial charge on any atom is 0.408 e. The zero-order chi connectivity index (χ0) is 18.0. The van der Waals surface area contributed by atoms with Gasteiger partial charge in [0.25, 0.3) is 5.91 Å². The number of amides is 3. The van der Waals surface area contributed by atoms with E-state index in [1.165, 1.54) is 7.05 Å². The van der Waals surface area contributed by atoms with E-state index < -0.39 is 29.7 Å². The van der Waals surface area contributed by atoms with Crippen LogP contribution in [0.25, 0.3) is 0 Å². The molecule has 0 aliphatic heterocycles. The summed E-state index contributed by atoms with van der Waals surface area (Å²) < 4.78 is 5.10. The molecule has 0 aliphatic rings. The molecule has 0 aromatic heterocycles. The number of rotatable bonds is 7. The van der Waals surface area contributed by atoms with E-state index in [2.05, 4.69) is 10.6 Å². The molecule has 0 unspecified atom stereocenters. The fourth-order valence-electron chi connectivity index (χ4n) is 1.66. The van der Waals surface area contributed by atoms with Crippen molar-refractivity contribution in [2.75, 3.05) is 13.6 Å². The summed E-state index contributed by atoms with van der Waals surface area (Å²) in [5, 5.41) is 21.9. The monoisotopic (exact) mass is 328 g/mol. The lowest BCUT2D eigenvalue weighted by molar-refractivity contribution is -0.129. The lowest BCUT2D eigenvalue weighted by Crippen LogP contribution is -2.47. The standard InChI is InChI=1S/C14H24N4O5/c1-14(2,3)23-13(22)17-10(11(19)18(4)9-15)7-5-6-8-16-12(20)21/h10,16H,5-8H2,1-4H3,(H,17,22)(H,20,21)/t10-/m0/s1. The van der Waals surface area contributed by atoms with Gasteiger partial charge in [-0.15, -0.1) is 0 Å². The molecule has 0 rings (SSSR count). The van der Waals surface area contributed by atoms with E-state index in [1.807, 2.05) is 0 Å². The number of carboxylic acid groups (broad SMARTS) is 1. The van der Waals surface area contributed by atoms with E-state index >= 15 is 0 Å². The molecule has 3 N–H and O–H groups in total. The van der Waals surface area contributed by atoms with E-state index in [9.17, 15) is 14.4 Å². The number of hydrogen-bond acceptors (Lipinski definition) is 5. The van der Waals surface area contributed by atoms with Gasteiger partial charge in [-0.1, -0.05) is 0 Å². The van der Waals surface area contributed by atoms with E-state index in [0.717, 1.165) is 4.90 Å². The number of hydrogen-bond donors (Lipinski definition) is 3. The summed E-state index contributed by atoms with van der Waals surface area (Å²) in [6.45, 7) is 5.34. The maximum absolute atomic E-state index is 12.1. The molecule has 0 fully saturated rings. The molecule has 1 atom stereocenters. The number of carbonyl (C=O) groups excluding carboxylic acids is 2. The Morgan fingerprint density at radius 1 is 1.30 bits per heavy atom. The lowest BCUT2D eigenvalue weighted by atomic mass is 10.1. The molecule has 0 radical (unpaired) electrons. The van der Waals surface area contributed by atoms with E-state index in [1.54, 1.807) is 27.0 Å². The van der Waals surface area contributed by atoms with Gasteiger partial charge in [0, 0.05) is 13.6 Å². The summed E-state index contributed by atoms with van der Waals surface area (Å²) in [6.07, 6.45) is 1.09. The predicted octanol–water partition coefficient (Wildman–Crippen LogP) is 1.26. The van der Waals surface area contributed by atoms with Crippen LogP contribution in [0.5, 0.6) is 0 Å². The third-order valence-electron chi connectivity index (χ3n) is 2.67. The van der Waals surface area contributed by atoms with Gasteiger partial charge < -0.3 is 20.5 Å². The smallest absolute Gasteiger partial charge is 0.408 e. The second kappa shape index (κ2) is 9.50. The van der Waals surface area contributed by atoms with Crippen LogP contribution in [0, 0.1) is 11.5 Å². The number of carbonyl (C=O) groups is 3. The average molecular weight is 328 g/mol. The minimum absolute atomic E-state index is 0.247. The van der Waals surface area contributed by atoms with E-state index in [0.29, 0.717) is 12.8 Å². The van der Waals surface area contributed by atoms with Crippen molar-refractivity contribution in [1.29, 1.82) is 5.26 Å². The molecule has 130 valence electrons. The van der Waals surface area contributed by atoms with Crippen LogP contribution < -0.4 is 10.6 Å². The Balaban J connectivity index is 4.58.